The zero-order valence-electron chi connectivity index (χ0n) is 23.5. The lowest BCUT2D eigenvalue weighted by Gasteiger charge is -2.37. The third-order valence-electron chi connectivity index (χ3n) is 7.74. The minimum absolute atomic E-state index is 0.0198. The molecule has 206 valence electrons. The number of cyclic esters (lactones) is 1. The average molecular weight is 529 g/mol. The maximum atomic E-state index is 14.4. The fourth-order valence-corrected chi connectivity index (χ4v) is 5.83. The molecule has 0 aliphatic carbocycles. The lowest BCUT2D eigenvalue weighted by Crippen LogP contribution is -2.52. The molecule has 0 radical (unpaired) electrons. The van der Waals surface area contributed by atoms with Gasteiger partial charge in [-0.05, 0) is 43.4 Å². The molecule has 1 saturated heterocycles. The number of carbonyl (C=O) groups is 2. The minimum Gasteiger partial charge on any atom is -0.441 e. The van der Waals surface area contributed by atoms with E-state index in [9.17, 15) is 14.7 Å². The van der Waals surface area contributed by atoms with Crippen molar-refractivity contribution in [2.45, 2.75) is 65.0 Å². The molecule has 0 saturated carbocycles. The van der Waals surface area contributed by atoms with Crippen LogP contribution in [0.1, 0.15) is 63.5 Å². The first kappa shape index (κ1) is 28.5. The maximum Gasteiger partial charge on any atom is 0.417 e. The van der Waals surface area contributed by atoms with Crippen LogP contribution in [0.4, 0.5) is 4.79 Å². The van der Waals surface area contributed by atoms with Crippen molar-refractivity contribution in [3.05, 3.63) is 108 Å². The molecule has 1 heterocycles. The van der Waals surface area contributed by atoms with Crippen LogP contribution >= 0.6 is 0 Å². The largest absolute Gasteiger partial charge is 0.441 e. The van der Waals surface area contributed by atoms with Crippen LogP contribution in [0.2, 0.25) is 0 Å². The van der Waals surface area contributed by atoms with Gasteiger partial charge in [0.25, 0.3) is 0 Å². The molecule has 1 fully saturated rings. The van der Waals surface area contributed by atoms with Crippen LogP contribution < -0.4 is 0 Å². The normalized spacial score (nSPS) is 19.1. The molecule has 1 N–H and O–H groups in total. The van der Waals surface area contributed by atoms with Gasteiger partial charge in [-0.15, -0.1) is 0 Å². The van der Waals surface area contributed by atoms with Crippen molar-refractivity contribution in [2.75, 3.05) is 6.54 Å². The second-order valence-electron chi connectivity index (χ2n) is 11.3. The molecule has 39 heavy (non-hydrogen) atoms. The summed E-state index contributed by atoms with van der Waals surface area (Å²) in [5, 5.41) is 11.7. The van der Waals surface area contributed by atoms with E-state index in [2.05, 4.69) is 36.1 Å². The monoisotopic (exact) mass is 528 g/mol. The molecule has 4 atom stereocenters. The van der Waals surface area contributed by atoms with Crippen molar-refractivity contribution in [1.82, 2.24) is 9.80 Å². The number of rotatable bonds is 10. The second-order valence-corrected chi connectivity index (χ2v) is 11.3. The fraction of sp³-hybridized carbons (Fsp3) is 0.394. The van der Waals surface area contributed by atoms with Crippen LogP contribution in [-0.4, -0.2) is 45.1 Å². The number of hydrogen-bond donors (Lipinski definition) is 1. The van der Waals surface area contributed by atoms with Gasteiger partial charge in [0.2, 0.25) is 5.91 Å². The molecular weight excluding hydrogens is 488 g/mol. The van der Waals surface area contributed by atoms with Crippen LogP contribution in [0.15, 0.2) is 91.0 Å². The minimum atomic E-state index is -1.11. The standard InChI is InChI=1S/C33H40N2O4/c1-23(2)30-33(4,5)39-32(38)35(30)31(37)28(29(36)27-19-13-8-14-20-27)22-34(21-25-15-9-6-10-16-25)24(3)26-17-11-7-12-18-26/h6-20,23-24,28-30,36H,21-22H2,1-5H3/t24-,28+,29-,30+/m1/s1. The summed E-state index contributed by atoms with van der Waals surface area (Å²) in [5.74, 6) is -1.34. The number of aliphatic hydroxyl groups is 1. The van der Waals surface area contributed by atoms with Crippen molar-refractivity contribution in [2.24, 2.45) is 11.8 Å². The fourth-order valence-electron chi connectivity index (χ4n) is 5.83. The van der Waals surface area contributed by atoms with Gasteiger partial charge in [-0.3, -0.25) is 9.69 Å². The molecule has 1 aliphatic heterocycles. The average Bonchev–Trinajstić information content (AvgIpc) is 3.19. The highest BCUT2D eigenvalue weighted by Crippen LogP contribution is 2.38. The Kier molecular flexibility index (Phi) is 8.88. The molecule has 2 amide bonds. The van der Waals surface area contributed by atoms with Crippen LogP contribution in [0, 0.1) is 11.8 Å². The predicted octanol–water partition coefficient (Wildman–Crippen LogP) is 6.38. The van der Waals surface area contributed by atoms with Crippen molar-refractivity contribution >= 4 is 12.0 Å². The number of amides is 2. The first-order valence-corrected chi connectivity index (χ1v) is 13.7. The van der Waals surface area contributed by atoms with E-state index in [1.54, 1.807) is 0 Å². The Hall–Kier alpha value is -3.48. The van der Waals surface area contributed by atoms with Crippen molar-refractivity contribution in [1.29, 1.82) is 0 Å². The summed E-state index contributed by atoms with van der Waals surface area (Å²) in [6.45, 7) is 10.6. The first-order valence-electron chi connectivity index (χ1n) is 13.7. The van der Waals surface area contributed by atoms with E-state index in [1.165, 1.54) is 4.90 Å². The number of benzene rings is 3. The van der Waals surface area contributed by atoms with Crippen LogP contribution in [0.25, 0.3) is 0 Å². The molecule has 6 heteroatoms. The first-order chi connectivity index (χ1) is 18.6. The van der Waals surface area contributed by atoms with E-state index in [4.69, 9.17) is 4.74 Å². The van der Waals surface area contributed by atoms with E-state index in [1.807, 2.05) is 94.4 Å². The highest BCUT2D eigenvalue weighted by Gasteiger charge is 2.53. The Morgan fingerprint density at radius 1 is 0.897 bits per heavy atom. The van der Waals surface area contributed by atoms with E-state index in [0.29, 0.717) is 12.1 Å². The van der Waals surface area contributed by atoms with E-state index >= 15 is 0 Å². The molecular formula is C33H40N2O4. The van der Waals surface area contributed by atoms with Crippen LogP contribution in [0.5, 0.6) is 0 Å². The lowest BCUT2D eigenvalue weighted by molar-refractivity contribution is -0.140. The van der Waals surface area contributed by atoms with Gasteiger partial charge in [0.15, 0.2) is 0 Å². The van der Waals surface area contributed by atoms with Crippen LogP contribution in [0.3, 0.4) is 0 Å². The van der Waals surface area contributed by atoms with Gasteiger partial charge in [0, 0.05) is 19.1 Å². The van der Waals surface area contributed by atoms with Crippen LogP contribution in [-0.2, 0) is 16.1 Å². The van der Waals surface area contributed by atoms with Crippen molar-refractivity contribution in [3.8, 4) is 0 Å². The topological polar surface area (TPSA) is 70.1 Å². The Labute approximate surface area is 232 Å². The van der Waals surface area contributed by atoms with Gasteiger partial charge >= 0.3 is 6.09 Å². The highest BCUT2D eigenvalue weighted by atomic mass is 16.6. The van der Waals surface area contributed by atoms with Gasteiger partial charge in [0.05, 0.1) is 18.1 Å². The zero-order valence-corrected chi connectivity index (χ0v) is 23.5. The van der Waals surface area contributed by atoms with E-state index in [-0.39, 0.29) is 18.5 Å². The maximum absolute atomic E-state index is 14.4. The SMILES string of the molecule is CC(C)[C@@H]1N(C(=O)[C@@H](CN(Cc2ccccc2)[C@H](C)c2ccccc2)[C@H](O)c2ccccc2)C(=O)OC1(C)C. The van der Waals surface area contributed by atoms with Crippen molar-refractivity contribution < 1.29 is 19.4 Å². The second kappa shape index (κ2) is 12.1. The Morgan fingerprint density at radius 2 is 1.41 bits per heavy atom. The summed E-state index contributed by atoms with van der Waals surface area (Å²) in [6, 6.07) is 28.9. The predicted molar refractivity (Wildman–Crippen MR) is 153 cm³/mol. The summed E-state index contributed by atoms with van der Waals surface area (Å²) >= 11 is 0. The Bertz CT molecular complexity index is 1230. The number of hydrogen-bond acceptors (Lipinski definition) is 5. The quantitative estimate of drug-likeness (QED) is 0.331. The molecule has 0 aromatic heterocycles. The number of ether oxygens (including phenoxy) is 1. The summed E-state index contributed by atoms with van der Waals surface area (Å²) < 4.78 is 5.68. The third-order valence-corrected chi connectivity index (χ3v) is 7.74. The Morgan fingerprint density at radius 3 is 1.95 bits per heavy atom. The molecule has 0 bridgehead atoms. The Balaban J connectivity index is 1.75. The smallest absolute Gasteiger partial charge is 0.417 e. The zero-order chi connectivity index (χ0) is 28.2. The van der Waals surface area contributed by atoms with Gasteiger partial charge < -0.3 is 9.84 Å². The van der Waals surface area contributed by atoms with Gasteiger partial charge in [-0.25, -0.2) is 9.69 Å². The lowest BCUT2D eigenvalue weighted by atomic mass is 9.86. The number of aliphatic hydroxyl groups excluding tert-OH is 1. The van der Waals surface area contributed by atoms with E-state index < -0.39 is 35.7 Å². The molecule has 0 spiro atoms. The van der Waals surface area contributed by atoms with Gasteiger partial charge in [-0.2, -0.15) is 0 Å². The molecule has 1 aliphatic rings. The summed E-state index contributed by atoms with van der Waals surface area (Å²) in [4.78, 5) is 31.0. The number of imide groups is 1. The third kappa shape index (κ3) is 6.40. The van der Waals surface area contributed by atoms with Crippen molar-refractivity contribution in [3.63, 3.8) is 0 Å². The highest BCUT2D eigenvalue weighted by molar-refractivity contribution is 5.96. The number of carbonyl (C=O) groups excluding carboxylic acids is 2. The summed E-state index contributed by atoms with van der Waals surface area (Å²) in [6.07, 6.45) is -1.76. The molecule has 3 aromatic carbocycles. The van der Waals surface area contributed by atoms with Gasteiger partial charge in [0.1, 0.15) is 5.60 Å². The van der Waals surface area contributed by atoms with Gasteiger partial charge in [-0.1, -0.05) is 105 Å². The van der Waals surface area contributed by atoms with E-state index in [0.717, 1.165) is 11.1 Å². The molecule has 6 nitrogen and oxygen atoms in total. The summed E-state index contributed by atoms with van der Waals surface area (Å²) in [5.41, 5.74) is 2.01. The molecule has 0 unspecified atom stereocenters. The number of nitrogens with zero attached hydrogens (tertiary/aromatic N) is 2. The molecule has 3 aromatic rings. The molecule has 4 rings (SSSR count). The summed E-state index contributed by atoms with van der Waals surface area (Å²) in [7, 11) is 0.